The summed E-state index contributed by atoms with van der Waals surface area (Å²) in [4.78, 5) is 0. The van der Waals surface area contributed by atoms with E-state index in [0.717, 1.165) is 32.1 Å². The van der Waals surface area contributed by atoms with Crippen LogP contribution in [-0.2, 0) is 0 Å². The zero-order chi connectivity index (χ0) is 24.8. The van der Waals surface area contributed by atoms with Gasteiger partial charge in [-0.2, -0.15) is 11.8 Å². The predicted octanol–water partition coefficient (Wildman–Crippen LogP) is 7.11. The average Bonchev–Trinajstić information content (AvgIpc) is 3.16. The van der Waals surface area contributed by atoms with Crippen molar-refractivity contribution < 1.29 is 15.3 Å². The molecule has 0 aliphatic heterocycles. The molecule has 0 heterocycles. The molecule has 2 fully saturated rings. The van der Waals surface area contributed by atoms with Crippen LogP contribution >= 0.6 is 11.8 Å². The number of allylic oxidation sites excluding steroid dienone is 4. The molecule has 3 rings (SSSR count). The Morgan fingerprint density at radius 3 is 2.50 bits per heavy atom. The molecule has 4 heteroatoms. The Kier molecular flexibility index (Phi) is 10.4. The second kappa shape index (κ2) is 12.6. The van der Waals surface area contributed by atoms with Crippen LogP contribution in [0.4, 0.5) is 0 Å². The van der Waals surface area contributed by atoms with Crippen LogP contribution in [0.5, 0.6) is 0 Å². The number of aliphatic hydroxyl groups excluding tert-OH is 2. The third kappa shape index (κ3) is 7.02. The fourth-order valence-corrected chi connectivity index (χ4v) is 7.97. The number of thioether (sulfide) groups is 1. The van der Waals surface area contributed by atoms with Gasteiger partial charge in [-0.3, -0.25) is 0 Å². The maximum Gasteiger partial charge on any atom is 0.0642 e. The van der Waals surface area contributed by atoms with E-state index < -0.39 is 17.8 Å². The summed E-state index contributed by atoms with van der Waals surface area (Å²) in [5.41, 5.74) is 4.25. The van der Waals surface area contributed by atoms with E-state index in [1.165, 1.54) is 43.4 Å². The zero-order valence-corrected chi connectivity index (χ0v) is 23.0. The Labute approximate surface area is 213 Å². The van der Waals surface area contributed by atoms with Crippen molar-refractivity contribution in [1.29, 1.82) is 0 Å². The summed E-state index contributed by atoms with van der Waals surface area (Å²) < 4.78 is 0. The summed E-state index contributed by atoms with van der Waals surface area (Å²) in [6.07, 6.45) is 19.3. The third-order valence-electron chi connectivity index (χ3n) is 9.09. The van der Waals surface area contributed by atoms with Crippen LogP contribution in [-0.4, -0.2) is 44.1 Å². The van der Waals surface area contributed by atoms with Crippen molar-refractivity contribution in [2.24, 2.45) is 11.3 Å². The Morgan fingerprint density at radius 2 is 1.82 bits per heavy atom. The third-order valence-corrected chi connectivity index (χ3v) is 10.4. The molecule has 1 unspecified atom stereocenters. The van der Waals surface area contributed by atoms with Crippen LogP contribution < -0.4 is 0 Å². The van der Waals surface area contributed by atoms with Crippen molar-refractivity contribution in [3.63, 3.8) is 0 Å². The molecular formula is C30H50O3S. The molecule has 194 valence electrons. The molecule has 2 saturated carbocycles. The molecule has 3 N–H and O–H groups in total. The van der Waals surface area contributed by atoms with Crippen LogP contribution in [0, 0.1) is 11.3 Å². The molecule has 3 nitrogen and oxygen atoms in total. The minimum absolute atomic E-state index is 0.277. The first-order chi connectivity index (χ1) is 16.2. The summed E-state index contributed by atoms with van der Waals surface area (Å²) in [6, 6.07) is 0. The van der Waals surface area contributed by atoms with Crippen molar-refractivity contribution >= 4 is 11.8 Å². The van der Waals surface area contributed by atoms with Crippen LogP contribution in [0.25, 0.3) is 0 Å². The standard InChI is InChI=1S/C30H50O3S/c1-5-30(33,6-2)17-8-7-9-18-34-22(3)27-14-15-28-24(11-10-16-29(27,28)4)13-12-23-19-25(31)21-26(32)20-23/h12-14,22,25-26,28,31-33H,5-11,15-21H2,1-4H3/b24-13+/t22-,25+,26+,28?,29+/m0/s1. The van der Waals surface area contributed by atoms with Gasteiger partial charge in [-0.1, -0.05) is 68.6 Å². The van der Waals surface area contributed by atoms with Gasteiger partial charge in [0.25, 0.3) is 0 Å². The topological polar surface area (TPSA) is 60.7 Å². The molecule has 0 aromatic heterocycles. The van der Waals surface area contributed by atoms with E-state index in [1.54, 1.807) is 11.1 Å². The molecule has 0 aromatic carbocycles. The number of rotatable bonds is 11. The van der Waals surface area contributed by atoms with Crippen molar-refractivity contribution in [3.05, 3.63) is 34.9 Å². The molecule has 0 amide bonds. The quantitative estimate of drug-likeness (QED) is 0.213. The molecule has 5 atom stereocenters. The van der Waals surface area contributed by atoms with Crippen molar-refractivity contribution in [2.75, 3.05) is 5.75 Å². The second-order valence-electron chi connectivity index (χ2n) is 11.5. The lowest BCUT2D eigenvalue weighted by Crippen LogP contribution is -2.33. The van der Waals surface area contributed by atoms with Gasteiger partial charge in [0.05, 0.1) is 17.8 Å². The van der Waals surface area contributed by atoms with Gasteiger partial charge in [0.1, 0.15) is 0 Å². The SMILES string of the molecule is CCC(O)(CC)CCCCCS[C@@H](C)C1=CCC2/C(=C/C=C3C[C@@H](O)C[C@H](O)C3)CCC[C@]12C. The number of fused-ring (bicyclic) bond motifs is 1. The van der Waals surface area contributed by atoms with Gasteiger partial charge in [0.15, 0.2) is 0 Å². The predicted molar refractivity (Wildman–Crippen MR) is 146 cm³/mol. The highest BCUT2D eigenvalue weighted by Crippen LogP contribution is 2.56. The summed E-state index contributed by atoms with van der Waals surface area (Å²) in [7, 11) is 0. The summed E-state index contributed by atoms with van der Waals surface area (Å²) in [5, 5.41) is 31.1. The molecule has 0 radical (unpaired) electrons. The van der Waals surface area contributed by atoms with Crippen LogP contribution in [0.15, 0.2) is 34.9 Å². The van der Waals surface area contributed by atoms with Gasteiger partial charge in [-0.05, 0) is 94.6 Å². The van der Waals surface area contributed by atoms with Gasteiger partial charge in [-0.15, -0.1) is 0 Å². The second-order valence-corrected chi connectivity index (χ2v) is 12.9. The van der Waals surface area contributed by atoms with E-state index >= 15 is 0 Å². The Morgan fingerprint density at radius 1 is 1.12 bits per heavy atom. The summed E-state index contributed by atoms with van der Waals surface area (Å²) in [5.74, 6) is 1.81. The fourth-order valence-electron chi connectivity index (χ4n) is 6.70. The normalized spacial score (nSPS) is 32.0. The average molecular weight is 491 g/mol. The maximum atomic E-state index is 10.5. The number of hydrogen-bond donors (Lipinski definition) is 3. The first-order valence-corrected chi connectivity index (χ1v) is 15.0. The lowest BCUT2D eigenvalue weighted by molar-refractivity contribution is 0.0212. The molecule has 0 spiro atoms. The maximum absolute atomic E-state index is 10.5. The van der Waals surface area contributed by atoms with Crippen LogP contribution in [0.2, 0.25) is 0 Å². The summed E-state index contributed by atoms with van der Waals surface area (Å²) in [6.45, 7) is 9.09. The smallest absolute Gasteiger partial charge is 0.0642 e. The van der Waals surface area contributed by atoms with Gasteiger partial charge < -0.3 is 15.3 Å². The number of aliphatic hydroxyl groups is 3. The van der Waals surface area contributed by atoms with E-state index in [-0.39, 0.29) is 5.41 Å². The molecule has 34 heavy (non-hydrogen) atoms. The Bertz CT molecular complexity index is 738. The first kappa shape index (κ1) is 28.0. The Hall–Kier alpha value is -0.550. The summed E-state index contributed by atoms with van der Waals surface area (Å²) >= 11 is 2.12. The lowest BCUT2D eigenvalue weighted by Gasteiger charge is -2.42. The largest absolute Gasteiger partial charge is 0.393 e. The zero-order valence-electron chi connectivity index (χ0n) is 22.2. The first-order valence-electron chi connectivity index (χ1n) is 14.0. The molecule has 0 saturated heterocycles. The number of hydrogen-bond acceptors (Lipinski definition) is 4. The minimum Gasteiger partial charge on any atom is -0.393 e. The van der Waals surface area contributed by atoms with Gasteiger partial charge in [0, 0.05) is 5.25 Å². The van der Waals surface area contributed by atoms with E-state index in [0.29, 0.717) is 30.4 Å². The van der Waals surface area contributed by atoms with E-state index in [1.807, 2.05) is 0 Å². The molecule has 0 bridgehead atoms. The van der Waals surface area contributed by atoms with Crippen molar-refractivity contribution in [2.45, 2.75) is 134 Å². The highest BCUT2D eigenvalue weighted by atomic mass is 32.2. The van der Waals surface area contributed by atoms with Gasteiger partial charge in [0.2, 0.25) is 0 Å². The van der Waals surface area contributed by atoms with Gasteiger partial charge >= 0.3 is 0 Å². The highest BCUT2D eigenvalue weighted by Gasteiger charge is 2.46. The van der Waals surface area contributed by atoms with Crippen LogP contribution in [0.3, 0.4) is 0 Å². The number of unbranched alkanes of at least 4 members (excludes halogenated alkanes) is 2. The van der Waals surface area contributed by atoms with Gasteiger partial charge in [-0.25, -0.2) is 0 Å². The molecule has 3 aliphatic carbocycles. The van der Waals surface area contributed by atoms with Crippen molar-refractivity contribution in [3.8, 4) is 0 Å². The minimum atomic E-state index is -0.447. The monoisotopic (exact) mass is 490 g/mol. The Balaban J connectivity index is 1.51. The van der Waals surface area contributed by atoms with Crippen LogP contribution in [0.1, 0.15) is 111 Å². The lowest BCUT2D eigenvalue weighted by atomic mass is 9.64. The fraction of sp³-hybridized carbons (Fsp3) is 0.800. The molecular weight excluding hydrogens is 440 g/mol. The molecule has 0 aromatic rings. The highest BCUT2D eigenvalue weighted by molar-refractivity contribution is 8.00. The van der Waals surface area contributed by atoms with E-state index in [9.17, 15) is 15.3 Å². The van der Waals surface area contributed by atoms with E-state index in [4.69, 9.17) is 0 Å². The molecule has 3 aliphatic rings. The van der Waals surface area contributed by atoms with Crippen molar-refractivity contribution in [1.82, 2.24) is 0 Å². The van der Waals surface area contributed by atoms with E-state index in [2.05, 4.69) is 57.7 Å².